The summed E-state index contributed by atoms with van der Waals surface area (Å²) in [6.45, 7) is 2.92. The number of aromatic nitrogens is 1. The number of hydrogen-bond donors (Lipinski definition) is 0. The van der Waals surface area contributed by atoms with Gasteiger partial charge in [-0.3, -0.25) is 4.79 Å². The van der Waals surface area contributed by atoms with E-state index >= 15 is 0 Å². The molecule has 0 saturated carbocycles. The van der Waals surface area contributed by atoms with E-state index in [1.807, 2.05) is 17.0 Å². The van der Waals surface area contributed by atoms with Crippen LogP contribution in [-0.2, 0) is 0 Å². The number of amides is 1. The molecule has 0 bridgehead atoms. The largest absolute Gasteiger partial charge is 0.337 e. The van der Waals surface area contributed by atoms with Crippen molar-refractivity contribution in [1.82, 2.24) is 14.8 Å². The minimum Gasteiger partial charge on any atom is -0.337 e. The van der Waals surface area contributed by atoms with E-state index in [9.17, 15) is 4.79 Å². The van der Waals surface area contributed by atoms with Gasteiger partial charge in [0.15, 0.2) is 0 Å². The first kappa shape index (κ1) is 14.0. The maximum atomic E-state index is 12.5. The van der Waals surface area contributed by atoms with E-state index in [2.05, 4.69) is 32.9 Å². The summed E-state index contributed by atoms with van der Waals surface area (Å²) in [7, 11) is 2.21. The highest BCUT2D eigenvalue weighted by atomic mass is 79.9. The van der Waals surface area contributed by atoms with Crippen molar-refractivity contribution >= 4 is 21.8 Å². The van der Waals surface area contributed by atoms with Gasteiger partial charge < -0.3 is 9.80 Å². The molecular weight excluding hydrogens is 318 g/mol. The molecule has 0 aliphatic carbocycles. The lowest BCUT2D eigenvalue weighted by molar-refractivity contribution is 0.0313. The second kappa shape index (κ2) is 5.82. The summed E-state index contributed by atoms with van der Waals surface area (Å²) in [4.78, 5) is 21.3. The van der Waals surface area contributed by atoms with Crippen LogP contribution in [0.2, 0.25) is 0 Å². The van der Waals surface area contributed by atoms with Gasteiger partial charge in [-0.25, -0.2) is 4.98 Å². The molecule has 2 atom stereocenters. The van der Waals surface area contributed by atoms with Crippen LogP contribution in [-0.4, -0.2) is 53.4 Å². The third-order valence-electron chi connectivity index (χ3n) is 4.57. The minimum absolute atomic E-state index is 0.0676. The van der Waals surface area contributed by atoms with Gasteiger partial charge in [0.2, 0.25) is 0 Å². The number of halogens is 1. The van der Waals surface area contributed by atoms with Crippen molar-refractivity contribution in [1.29, 1.82) is 0 Å². The molecule has 108 valence electrons. The lowest BCUT2D eigenvalue weighted by atomic mass is 9.84. The molecule has 20 heavy (non-hydrogen) atoms. The van der Waals surface area contributed by atoms with Gasteiger partial charge in [0.1, 0.15) is 10.3 Å². The van der Waals surface area contributed by atoms with Crippen molar-refractivity contribution < 1.29 is 4.79 Å². The van der Waals surface area contributed by atoms with Crippen molar-refractivity contribution in [2.75, 3.05) is 26.7 Å². The van der Waals surface area contributed by atoms with Crippen LogP contribution in [0.5, 0.6) is 0 Å². The first-order valence-corrected chi connectivity index (χ1v) is 8.06. The maximum absolute atomic E-state index is 12.5. The standard InChI is InChI=1S/C15H20BrN3O/c1-18-8-3-4-11-10-19(9-7-13(11)18)15(20)12-5-2-6-14(16)17-12/h2,5-6,11,13H,3-4,7-10H2,1H3. The Labute approximate surface area is 128 Å². The van der Waals surface area contributed by atoms with Gasteiger partial charge in [-0.1, -0.05) is 6.07 Å². The number of piperidine rings is 2. The van der Waals surface area contributed by atoms with Gasteiger partial charge in [-0.05, 0) is 66.8 Å². The summed E-state index contributed by atoms with van der Waals surface area (Å²) in [6, 6.07) is 6.17. The first-order chi connectivity index (χ1) is 9.65. The zero-order valence-electron chi connectivity index (χ0n) is 11.8. The van der Waals surface area contributed by atoms with Crippen molar-refractivity contribution in [3.63, 3.8) is 0 Å². The van der Waals surface area contributed by atoms with Gasteiger partial charge in [0.25, 0.3) is 5.91 Å². The highest BCUT2D eigenvalue weighted by molar-refractivity contribution is 9.10. The summed E-state index contributed by atoms with van der Waals surface area (Å²) in [6.07, 6.45) is 3.57. The van der Waals surface area contributed by atoms with E-state index in [4.69, 9.17) is 0 Å². The van der Waals surface area contributed by atoms with Crippen LogP contribution in [0.4, 0.5) is 0 Å². The summed E-state index contributed by atoms with van der Waals surface area (Å²) in [5.74, 6) is 0.691. The molecule has 5 heteroatoms. The Bertz CT molecular complexity index is 508. The zero-order valence-corrected chi connectivity index (χ0v) is 13.3. The highest BCUT2D eigenvalue weighted by Gasteiger charge is 2.36. The van der Waals surface area contributed by atoms with E-state index in [0.29, 0.717) is 17.7 Å². The van der Waals surface area contributed by atoms with Crippen molar-refractivity contribution in [3.05, 3.63) is 28.5 Å². The van der Waals surface area contributed by atoms with Crippen molar-refractivity contribution in [3.8, 4) is 0 Å². The van der Waals surface area contributed by atoms with Crippen LogP contribution >= 0.6 is 15.9 Å². The average molecular weight is 338 g/mol. The molecule has 3 rings (SSSR count). The molecule has 2 aliphatic heterocycles. The summed E-state index contributed by atoms with van der Waals surface area (Å²) < 4.78 is 0.718. The van der Waals surface area contributed by atoms with Crippen LogP contribution in [0.1, 0.15) is 29.8 Å². The van der Waals surface area contributed by atoms with Crippen LogP contribution in [0, 0.1) is 5.92 Å². The predicted octanol–water partition coefficient (Wildman–Crippen LogP) is 2.40. The fourth-order valence-electron chi connectivity index (χ4n) is 3.53. The number of likely N-dealkylation sites (tertiary alicyclic amines) is 2. The Kier molecular flexibility index (Phi) is 4.08. The summed E-state index contributed by atoms with van der Waals surface area (Å²) >= 11 is 3.33. The Morgan fingerprint density at radius 2 is 2.20 bits per heavy atom. The first-order valence-electron chi connectivity index (χ1n) is 7.27. The van der Waals surface area contributed by atoms with Crippen LogP contribution < -0.4 is 0 Å². The van der Waals surface area contributed by atoms with Gasteiger partial charge in [0.05, 0.1) is 0 Å². The number of carbonyl (C=O) groups is 1. The maximum Gasteiger partial charge on any atom is 0.272 e. The monoisotopic (exact) mass is 337 g/mol. The SMILES string of the molecule is CN1CCCC2CN(C(=O)c3cccc(Br)n3)CCC21. The third kappa shape index (κ3) is 2.74. The number of pyridine rings is 1. The fraction of sp³-hybridized carbons (Fsp3) is 0.600. The van der Waals surface area contributed by atoms with E-state index in [1.165, 1.54) is 19.4 Å². The predicted molar refractivity (Wildman–Crippen MR) is 81.6 cm³/mol. The normalized spacial score (nSPS) is 27.2. The van der Waals surface area contributed by atoms with Gasteiger partial charge in [-0.15, -0.1) is 0 Å². The molecule has 2 fully saturated rings. The quantitative estimate of drug-likeness (QED) is 0.738. The lowest BCUT2D eigenvalue weighted by Crippen LogP contribution is -2.54. The molecule has 1 amide bonds. The number of nitrogens with zero attached hydrogens (tertiary/aromatic N) is 3. The smallest absolute Gasteiger partial charge is 0.272 e. The Hall–Kier alpha value is -0.940. The van der Waals surface area contributed by atoms with Crippen LogP contribution in [0.15, 0.2) is 22.8 Å². The van der Waals surface area contributed by atoms with Gasteiger partial charge in [0, 0.05) is 19.1 Å². The topological polar surface area (TPSA) is 36.4 Å². The molecule has 1 aromatic rings. The molecule has 0 radical (unpaired) electrons. The molecule has 0 aromatic carbocycles. The average Bonchev–Trinajstić information content (AvgIpc) is 2.46. The van der Waals surface area contributed by atoms with Crippen LogP contribution in [0.25, 0.3) is 0 Å². The number of hydrogen-bond acceptors (Lipinski definition) is 3. The zero-order chi connectivity index (χ0) is 14.1. The third-order valence-corrected chi connectivity index (χ3v) is 5.01. The van der Waals surface area contributed by atoms with E-state index < -0.39 is 0 Å². The van der Waals surface area contributed by atoms with Gasteiger partial charge in [-0.2, -0.15) is 0 Å². The second-order valence-corrected chi connectivity index (χ2v) is 6.65. The Morgan fingerprint density at radius 1 is 1.35 bits per heavy atom. The van der Waals surface area contributed by atoms with Crippen molar-refractivity contribution in [2.45, 2.75) is 25.3 Å². The summed E-state index contributed by atoms with van der Waals surface area (Å²) in [5, 5.41) is 0. The van der Waals surface area contributed by atoms with Crippen molar-refractivity contribution in [2.24, 2.45) is 5.92 Å². The van der Waals surface area contributed by atoms with E-state index in [0.717, 1.165) is 24.1 Å². The lowest BCUT2D eigenvalue weighted by Gasteiger charge is -2.45. The molecule has 2 saturated heterocycles. The molecular formula is C15H20BrN3O. The van der Waals surface area contributed by atoms with Crippen LogP contribution in [0.3, 0.4) is 0 Å². The highest BCUT2D eigenvalue weighted by Crippen LogP contribution is 2.30. The summed E-state index contributed by atoms with van der Waals surface area (Å²) in [5.41, 5.74) is 0.544. The molecule has 2 aliphatic rings. The number of fused-ring (bicyclic) bond motifs is 1. The number of carbonyl (C=O) groups excluding carboxylic acids is 1. The Morgan fingerprint density at radius 3 is 3.00 bits per heavy atom. The minimum atomic E-state index is 0.0676. The fourth-order valence-corrected chi connectivity index (χ4v) is 3.87. The Balaban J connectivity index is 1.71. The molecule has 0 spiro atoms. The number of rotatable bonds is 1. The van der Waals surface area contributed by atoms with E-state index in [1.54, 1.807) is 6.07 Å². The molecule has 2 unspecified atom stereocenters. The second-order valence-electron chi connectivity index (χ2n) is 5.84. The van der Waals surface area contributed by atoms with E-state index in [-0.39, 0.29) is 5.91 Å². The van der Waals surface area contributed by atoms with Gasteiger partial charge >= 0.3 is 0 Å². The molecule has 3 heterocycles. The molecule has 1 aromatic heterocycles. The molecule has 4 nitrogen and oxygen atoms in total. The molecule has 0 N–H and O–H groups in total.